The van der Waals surface area contributed by atoms with Crippen LogP contribution in [0.15, 0.2) is 47.3 Å². The molecule has 1 amide bonds. The highest BCUT2D eigenvalue weighted by molar-refractivity contribution is 7.71. The summed E-state index contributed by atoms with van der Waals surface area (Å²) in [6.07, 6.45) is 0.0460. The Balaban J connectivity index is 1.71. The molecular formula is C20H18FN3O4S. The largest absolute Gasteiger partial charge is 0.465 e. The van der Waals surface area contributed by atoms with E-state index in [1.807, 2.05) is 0 Å². The van der Waals surface area contributed by atoms with Crippen molar-refractivity contribution < 1.29 is 18.7 Å². The molecule has 2 N–H and O–H groups in total. The summed E-state index contributed by atoms with van der Waals surface area (Å²) >= 11 is 5.23. The van der Waals surface area contributed by atoms with Crippen LogP contribution in [-0.2, 0) is 22.6 Å². The Morgan fingerprint density at radius 1 is 1.21 bits per heavy atom. The number of carbonyl (C=O) groups is 2. The van der Waals surface area contributed by atoms with Gasteiger partial charge in [0.05, 0.1) is 23.6 Å². The first-order valence-corrected chi connectivity index (χ1v) is 9.16. The minimum atomic E-state index is -0.520. The van der Waals surface area contributed by atoms with E-state index in [0.29, 0.717) is 16.5 Å². The highest BCUT2D eigenvalue weighted by Crippen LogP contribution is 2.12. The van der Waals surface area contributed by atoms with Crippen molar-refractivity contribution in [3.05, 3.63) is 74.5 Å². The average Bonchev–Trinajstić information content (AvgIpc) is 2.72. The number of hydrogen-bond acceptors (Lipinski definition) is 5. The van der Waals surface area contributed by atoms with E-state index in [9.17, 15) is 18.8 Å². The first-order chi connectivity index (χ1) is 13.9. The molecule has 0 bridgehead atoms. The van der Waals surface area contributed by atoms with Gasteiger partial charge in [-0.25, -0.2) is 9.18 Å². The molecule has 150 valence electrons. The predicted molar refractivity (Wildman–Crippen MR) is 108 cm³/mol. The molecule has 0 aliphatic carbocycles. The zero-order valence-electron chi connectivity index (χ0n) is 15.5. The van der Waals surface area contributed by atoms with Gasteiger partial charge in [-0.05, 0) is 48.1 Å². The van der Waals surface area contributed by atoms with Gasteiger partial charge in [0.25, 0.3) is 5.56 Å². The number of nitrogens with zero attached hydrogens (tertiary/aromatic N) is 1. The Hall–Kier alpha value is -3.33. The van der Waals surface area contributed by atoms with Gasteiger partial charge in [-0.15, -0.1) is 0 Å². The van der Waals surface area contributed by atoms with Gasteiger partial charge in [-0.3, -0.25) is 14.2 Å². The standard InChI is InChI=1S/C20H18FN3O4S/c1-28-19(27)13-4-7-15-16(10-13)23-20(29)24(18(15)26)9-8-17(25)22-11-12-2-5-14(21)6-3-12/h2-7,10H,8-9,11H2,1H3,(H,22,25)(H,23,29). The molecular weight excluding hydrogens is 397 g/mol. The molecule has 3 aromatic rings. The lowest BCUT2D eigenvalue weighted by Crippen LogP contribution is -2.28. The molecule has 0 atom stereocenters. The van der Waals surface area contributed by atoms with Gasteiger partial charge < -0.3 is 15.0 Å². The summed E-state index contributed by atoms with van der Waals surface area (Å²) in [6, 6.07) is 10.3. The monoisotopic (exact) mass is 415 g/mol. The summed E-state index contributed by atoms with van der Waals surface area (Å²) in [5.41, 5.74) is 1.12. The minimum absolute atomic E-state index is 0.0460. The van der Waals surface area contributed by atoms with Crippen LogP contribution in [0.25, 0.3) is 10.9 Å². The van der Waals surface area contributed by atoms with Gasteiger partial charge >= 0.3 is 5.97 Å². The smallest absolute Gasteiger partial charge is 0.337 e. The summed E-state index contributed by atoms with van der Waals surface area (Å²) in [6.45, 7) is 0.354. The van der Waals surface area contributed by atoms with E-state index in [2.05, 4.69) is 15.0 Å². The summed E-state index contributed by atoms with van der Waals surface area (Å²) < 4.78 is 19.0. The maximum atomic E-state index is 12.9. The number of aromatic nitrogens is 2. The molecule has 0 aliphatic rings. The van der Waals surface area contributed by atoms with Gasteiger partial charge in [-0.2, -0.15) is 0 Å². The van der Waals surface area contributed by atoms with Crippen molar-refractivity contribution in [1.29, 1.82) is 0 Å². The number of methoxy groups -OCH3 is 1. The minimum Gasteiger partial charge on any atom is -0.465 e. The first kappa shape index (κ1) is 20.4. The SMILES string of the molecule is COC(=O)c1ccc2c(=O)n(CCC(=O)NCc3ccc(F)cc3)c(=S)[nH]c2c1. The molecule has 0 saturated carbocycles. The maximum absolute atomic E-state index is 12.9. The van der Waals surface area contributed by atoms with E-state index < -0.39 is 5.97 Å². The lowest BCUT2D eigenvalue weighted by Gasteiger charge is -2.09. The lowest BCUT2D eigenvalue weighted by molar-refractivity contribution is -0.121. The molecule has 0 aliphatic heterocycles. The van der Waals surface area contributed by atoms with E-state index in [0.717, 1.165) is 5.56 Å². The Labute approximate surface area is 170 Å². The second kappa shape index (κ2) is 8.78. The Morgan fingerprint density at radius 2 is 1.93 bits per heavy atom. The van der Waals surface area contributed by atoms with Gasteiger partial charge in [0.15, 0.2) is 4.77 Å². The molecule has 0 spiro atoms. The number of esters is 1. The second-order valence-electron chi connectivity index (χ2n) is 6.29. The lowest BCUT2D eigenvalue weighted by atomic mass is 10.1. The fourth-order valence-electron chi connectivity index (χ4n) is 2.81. The van der Waals surface area contributed by atoms with Crippen LogP contribution in [-0.4, -0.2) is 28.5 Å². The number of ether oxygens (including phenoxy) is 1. The van der Waals surface area contributed by atoms with E-state index in [-0.39, 0.29) is 41.6 Å². The summed E-state index contributed by atoms with van der Waals surface area (Å²) in [5.74, 6) is -1.13. The molecule has 3 rings (SSSR count). The van der Waals surface area contributed by atoms with Crippen LogP contribution in [0.5, 0.6) is 0 Å². The third kappa shape index (κ3) is 4.75. The number of halogens is 1. The van der Waals surface area contributed by atoms with Crippen LogP contribution in [0.3, 0.4) is 0 Å². The number of aromatic amines is 1. The Bertz CT molecular complexity index is 1190. The number of nitrogens with one attached hydrogen (secondary N) is 2. The maximum Gasteiger partial charge on any atom is 0.337 e. The summed E-state index contributed by atoms with van der Waals surface area (Å²) in [7, 11) is 1.27. The average molecular weight is 415 g/mol. The van der Waals surface area contributed by atoms with Crippen molar-refractivity contribution in [3.8, 4) is 0 Å². The number of amides is 1. The number of rotatable bonds is 6. The van der Waals surface area contributed by atoms with Gasteiger partial charge in [-0.1, -0.05) is 12.1 Å². The molecule has 9 heteroatoms. The first-order valence-electron chi connectivity index (χ1n) is 8.75. The third-order valence-electron chi connectivity index (χ3n) is 4.37. The van der Waals surface area contributed by atoms with Crippen molar-refractivity contribution >= 4 is 35.0 Å². The zero-order chi connectivity index (χ0) is 21.0. The van der Waals surface area contributed by atoms with Gasteiger partial charge in [0, 0.05) is 19.5 Å². The zero-order valence-corrected chi connectivity index (χ0v) is 16.3. The van der Waals surface area contributed by atoms with Crippen molar-refractivity contribution in [3.63, 3.8) is 0 Å². The van der Waals surface area contributed by atoms with Crippen LogP contribution in [0.2, 0.25) is 0 Å². The second-order valence-corrected chi connectivity index (χ2v) is 6.68. The topological polar surface area (TPSA) is 93.2 Å². The molecule has 7 nitrogen and oxygen atoms in total. The third-order valence-corrected chi connectivity index (χ3v) is 4.69. The molecule has 1 aromatic heterocycles. The van der Waals surface area contributed by atoms with Crippen LogP contribution in [0.4, 0.5) is 4.39 Å². The Kier molecular flexibility index (Phi) is 6.18. The fourth-order valence-corrected chi connectivity index (χ4v) is 3.09. The number of H-pyrrole nitrogens is 1. The molecule has 0 unspecified atom stereocenters. The van der Waals surface area contributed by atoms with E-state index in [1.54, 1.807) is 12.1 Å². The Morgan fingerprint density at radius 3 is 2.62 bits per heavy atom. The molecule has 2 aromatic carbocycles. The number of benzene rings is 2. The van der Waals surface area contributed by atoms with Crippen molar-refractivity contribution in [1.82, 2.24) is 14.9 Å². The molecule has 1 heterocycles. The normalized spacial score (nSPS) is 10.7. The number of carbonyl (C=O) groups excluding carboxylic acids is 2. The van der Waals surface area contributed by atoms with E-state index >= 15 is 0 Å². The van der Waals surface area contributed by atoms with Gasteiger partial charge in [0.2, 0.25) is 5.91 Å². The highest BCUT2D eigenvalue weighted by Gasteiger charge is 2.11. The van der Waals surface area contributed by atoms with Crippen molar-refractivity contribution in [2.45, 2.75) is 19.5 Å². The highest BCUT2D eigenvalue weighted by atomic mass is 32.1. The van der Waals surface area contributed by atoms with Crippen LogP contribution in [0.1, 0.15) is 22.3 Å². The predicted octanol–water partition coefficient (Wildman–Crippen LogP) is 2.69. The number of fused-ring (bicyclic) bond motifs is 1. The number of hydrogen-bond donors (Lipinski definition) is 2. The van der Waals surface area contributed by atoms with Crippen molar-refractivity contribution in [2.75, 3.05) is 7.11 Å². The van der Waals surface area contributed by atoms with Crippen LogP contribution < -0.4 is 10.9 Å². The quantitative estimate of drug-likeness (QED) is 0.477. The molecule has 0 saturated heterocycles. The van der Waals surface area contributed by atoms with Gasteiger partial charge in [0.1, 0.15) is 5.82 Å². The molecule has 0 fully saturated rings. The molecule has 0 radical (unpaired) electrons. The van der Waals surface area contributed by atoms with Crippen LogP contribution in [0, 0.1) is 10.6 Å². The van der Waals surface area contributed by atoms with Crippen LogP contribution >= 0.6 is 12.2 Å². The summed E-state index contributed by atoms with van der Waals surface area (Å²) in [4.78, 5) is 39.4. The molecule has 29 heavy (non-hydrogen) atoms. The van der Waals surface area contributed by atoms with Crippen molar-refractivity contribution in [2.24, 2.45) is 0 Å². The van der Waals surface area contributed by atoms with E-state index in [1.165, 1.54) is 42.0 Å². The summed E-state index contributed by atoms with van der Waals surface area (Å²) in [5, 5.41) is 3.06. The fraction of sp³-hybridized carbons (Fsp3) is 0.200. The van der Waals surface area contributed by atoms with E-state index in [4.69, 9.17) is 12.2 Å².